The zero-order valence-corrected chi connectivity index (χ0v) is 14.9. The summed E-state index contributed by atoms with van der Waals surface area (Å²) < 4.78 is 62.7. The number of aryl methyl sites for hydroxylation is 1. The predicted molar refractivity (Wildman–Crippen MR) is 92.8 cm³/mol. The molecule has 0 aliphatic carbocycles. The molecule has 10 heteroatoms. The summed E-state index contributed by atoms with van der Waals surface area (Å²) in [7, 11) is 0. The largest absolute Gasteiger partial charge is 0.586 e. The molecule has 3 aromatic rings. The van der Waals surface area contributed by atoms with Crippen molar-refractivity contribution in [3.8, 4) is 21.9 Å². The maximum Gasteiger partial charge on any atom is 0.586 e. The molecule has 1 aliphatic rings. The summed E-state index contributed by atoms with van der Waals surface area (Å²) in [5.74, 6) is -3.19. The second-order valence-electron chi connectivity index (χ2n) is 5.86. The molecule has 0 atom stereocenters. The molecule has 0 saturated heterocycles. The van der Waals surface area contributed by atoms with Gasteiger partial charge in [0.15, 0.2) is 16.6 Å². The second kappa shape index (κ2) is 6.48. The number of hydrogen-bond donors (Lipinski definition) is 1. The first-order valence-corrected chi connectivity index (χ1v) is 8.67. The zero-order chi connectivity index (χ0) is 20.1. The van der Waals surface area contributed by atoms with Crippen molar-refractivity contribution >= 4 is 22.4 Å². The van der Waals surface area contributed by atoms with E-state index in [1.54, 1.807) is 6.92 Å². The minimum atomic E-state index is -3.73. The van der Waals surface area contributed by atoms with Gasteiger partial charge in [-0.25, -0.2) is 13.8 Å². The van der Waals surface area contributed by atoms with Crippen LogP contribution >= 0.6 is 11.3 Å². The van der Waals surface area contributed by atoms with Gasteiger partial charge >= 0.3 is 6.29 Å². The summed E-state index contributed by atoms with van der Waals surface area (Å²) in [6.07, 6.45) is -2.33. The van der Waals surface area contributed by atoms with Crippen LogP contribution in [0.5, 0.6) is 11.5 Å². The van der Waals surface area contributed by atoms with E-state index in [9.17, 15) is 22.4 Å². The fourth-order valence-electron chi connectivity index (χ4n) is 2.69. The topological polar surface area (TPSA) is 60.5 Å². The van der Waals surface area contributed by atoms with Gasteiger partial charge in [0, 0.05) is 11.8 Å². The van der Waals surface area contributed by atoms with Crippen molar-refractivity contribution in [2.75, 3.05) is 5.32 Å². The summed E-state index contributed by atoms with van der Waals surface area (Å²) in [5, 5.41) is 2.42. The number of rotatable bonds is 3. The van der Waals surface area contributed by atoms with Crippen LogP contribution in [-0.2, 0) is 0 Å². The molecule has 1 aliphatic heterocycles. The number of benzene rings is 2. The van der Waals surface area contributed by atoms with Crippen LogP contribution in [0.2, 0.25) is 0 Å². The molecular weight excluding hydrogens is 400 g/mol. The Morgan fingerprint density at radius 1 is 1.14 bits per heavy atom. The highest BCUT2D eigenvalue weighted by atomic mass is 32.1. The van der Waals surface area contributed by atoms with Crippen molar-refractivity contribution in [2.45, 2.75) is 13.2 Å². The van der Waals surface area contributed by atoms with Crippen LogP contribution in [0.3, 0.4) is 0 Å². The van der Waals surface area contributed by atoms with Crippen LogP contribution in [-0.4, -0.2) is 17.2 Å². The van der Waals surface area contributed by atoms with Crippen LogP contribution in [0, 0.1) is 18.6 Å². The Hall–Kier alpha value is -3.14. The average Bonchev–Trinajstić information content (AvgIpc) is 3.16. The normalized spacial score (nSPS) is 14.2. The molecule has 1 aromatic heterocycles. The van der Waals surface area contributed by atoms with Crippen molar-refractivity contribution < 1.29 is 31.8 Å². The number of halogens is 4. The standard InChI is InChI=1S/C18H10F4N2O3S/c1-8-5-12-13(27-18(21,22)26-12)6-9(8)14-7-23-17(28-14)24-16(25)15-10(19)3-2-4-11(15)20/h2-7H,1H3,(H,23,24,25). The van der Waals surface area contributed by atoms with Crippen molar-refractivity contribution in [3.05, 3.63) is 59.3 Å². The van der Waals surface area contributed by atoms with Crippen LogP contribution in [0.25, 0.3) is 10.4 Å². The number of aromatic nitrogens is 1. The first kappa shape index (κ1) is 18.2. The van der Waals surface area contributed by atoms with Gasteiger partial charge in [0.2, 0.25) is 0 Å². The molecule has 0 saturated carbocycles. The molecule has 144 valence electrons. The number of nitrogens with zero attached hydrogens (tertiary/aromatic N) is 1. The fraction of sp³-hybridized carbons (Fsp3) is 0.111. The average molecular weight is 410 g/mol. The highest BCUT2D eigenvalue weighted by molar-refractivity contribution is 7.19. The van der Waals surface area contributed by atoms with Crippen molar-refractivity contribution in [3.63, 3.8) is 0 Å². The molecule has 0 unspecified atom stereocenters. The Morgan fingerprint density at radius 2 is 1.79 bits per heavy atom. The lowest BCUT2D eigenvalue weighted by Gasteiger charge is -2.05. The van der Waals surface area contributed by atoms with Gasteiger partial charge in [0.25, 0.3) is 5.91 Å². The molecule has 1 amide bonds. The molecule has 0 radical (unpaired) electrons. The lowest BCUT2D eigenvalue weighted by molar-refractivity contribution is -0.286. The molecule has 0 spiro atoms. The van der Waals surface area contributed by atoms with E-state index < -0.39 is 29.4 Å². The maximum absolute atomic E-state index is 13.7. The Labute approximate surface area is 159 Å². The Bertz CT molecular complexity index is 1080. The minimum absolute atomic E-state index is 0.0840. The number of fused-ring (bicyclic) bond motifs is 1. The maximum atomic E-state index is 13.7. The third-order valence-electron chi connectivity index (χ3n) is 3.93. The molecule has 2 heterocycles. The number of hydrogen-bond acceptors (Lipinski definition) is 5. The number of thiazole rings is 1. The fourth-order valence-corrected chi connectivity index (χ4v) is 3.59. The summed E-state index contributed by atoms with van der Waals surface area (Å²) >= 11 is 1.01. The highest BCUT2D eigenvalue weighted by Gasteiger charge is 2.43. The van der Waals surface area contributed by atoms with E-state index in [4.69, 9.17) is 0 Å². The quantitative estimate of drug-likeness (QED) is 0.620. The lowest BCUT2D eigenvalue weighted by Crippen LogP contribution is -2.25. The number of carbonyl (C=O) groups excluding carboxylic acids is 1. The minimum Gasteiger partial charge on any atom is -0.395 e. The first-order chi connectivity index (χ1) is 13.2. The van der Waals surface area contributed by atoms with Crippen LogP contribution in [0.15, 0.2) is 36.5 Å². The van der Waals surface area contributed by atoms with E-state index in [0.717, 1.165) is 29.5 Å². The van der Waals surface area contributed by atoms with E-state index in [0.29, 0.717) is 16.0 Å². The molecule has 5 nitrogen and oxygen atoms in total. The smallest absolute Gasteiger partial charge is 0.395 e. The zero-order valence-electron chi connectivity index (χ0n) is 14.1. The first-order valence-electron chi connectivity index (χ1n) is 7.85. The lowest BCUT2D eigenvalue weighted by atomic mass is 10.1. The summed E-state index contributed by atoms with van der Waals surface area (Å²) in [6.45, 7) is 1.68. The monoisotopic (exact) mass is 410 g/mol. The summed E-state index contributed by atoms with van der Waals surface area (Å²) in [4.78, 5) is 16.7. The third-order valence-corrected chi connectivity index (χ3v) is 4.88. The van der Waals surface area contributed by atoms with Crippen LogP contribution in [0.1, 0.15) is 15.9 Å². The van der Waals surface area contributed by atoms with Crippen LogP contribution < -0.4 is 14.8 Å². The van der Waals surface area contributed by atoms with E-state index in [-0.39, 0.29) is 16.6 Å². The number of carbonyl (C=O) groups is 1. The van der Waals surface area contributed by atoms with Crippen LogP contribution in [0.4, 0.5) is 22.7 Å². The van der Waals surface area contributed by atoms with Gasteiger partial charge in [0.05, 0.1) is 4.88 Å². The predicted octanol–water partition coefficient (Wildman–Crippen LogP) is 4.97. The van der Waals surface area contributed by atoms with Gasteiger partial charge in [0.1, 0.15) is 17.2 Å². The van der Waals surface area contributed by atoms with Gasteiger partial charge in [-0.3, -0.25) is 10.1 Å². The Kier molecular flexibility index (Phi) is 4.22. The van der Waals surface area contributed by atoms with E-state index in [2.05, 4.69) is 19.8 Å². The second-order valence-corrected chi connectivity index (χ2v) is 6.89. The molecular formula is C18H10F4N2O3S. The molecule has 0 bridgehead atoms. The number of nitrogens with one attached hydrogen (secondary N) is 1. The number of amides is 1. The van der Waals surface area contributed by atoms with Gasteiger partial charge in [-0.1, -0.05) is 17.4 Å². The Balaban J connectivity index is 1.60. The van der Waals surface area contributed by atoms with Gasteiger partial charge in [-0.15, -0.1) is 8.78 Å². The SMILES string of the molecule is Cc1cc2c(cc1-c1cnc(NC(=O)c3c(F)cccc3F)s1)OC(F)(F)O2. The summed E-state index contributed by atoms with van der Waals surface area (Å²) in [5.41, 5.74) is 0.428. The van der Waals surface area contributed by atoms with E-state index in [1.165, 1.54) is 18.3 Å². The Morgan fingerprint density at radius 3 is 2.46 bits per heavy atom. The van der Waals surface area contributed by atoms with E-state index >= 15 is 0 Å². The molecule has 0 fully saturated rings. The van der Waals surface area contributed by atoms with Crippen molar-refractivity contribution in [1.82, 2.24) is 4.98 Å². The molecule has 4 rings (SSSR count). The van der Waals surface area contributed by atoms with Gasteiger partial charge in [-0.05, 0) is 36.8 Å². The number of ether oxygens (including phenoxy) is 2. The third kappa shape index (κ3) is 3.26. The van der Waals surface area contributed by atoms with Crippen molar-refractivity contribution in [1.29, 1.82) is 0 Å². The molecule has 28 heavy (non-hydrogen) atoms. The summed E-state index contributed by atoms with van der Waals surface area (Å²) in [6, 6.07) is 5.86. The van der Waals surface area contributed by atoms with Gasteiger partial charge in [-0.2, -0.15) is 0 Å². The molecule has 2 aromatic carbocycles. The van der Waals surface area contributed by atoms with Gasteiger partial charge < -0.3 is 9.47 Å². The number of anilines is 1. The van der Waals surface area contributed by atoms with Crippen molar-refractivity contribution in [2.24, 2.45) is 0 Å². The number of alkyl halides is 2. The molecule has 1 N–H and O–H groups in total. The van der Waals surface area contributed by atoms with E-state index in [1.807, 2.05) is 0 Å². The highest BCUT2D eigenvalue weighted by Crippen LogP contribution is 2.45.